The Kier molecular flexibility index (Phi) is 4.53. The van der Waals surface area contributed by atoms with Gasteiger partial charge in [-0.1, -0.05) is 32.0 Å². The molecular formula is C17H22O3S3. The van der Waals surface area contributed by atoms with E-state index in [1.165, 1.54) is 6.42 Å². The van der Waals surface area contributed by atoms with E-state index in [0.29, 0.717) is 22.0 Å². The number of ether oxygens (including phenoxy) is 1. The van der Waals surface area contributed by atoms with Gasteiger partial charge in [-0.05, 0) is 43.4 Å². The second kappa shape index (κ2) is 6.05. The minimum atomic E-state index is -3.50. The molecule has 6 heteroatoms. The molecule has 3 rings (SSSR count). The third-order valence-corrected chi connectivity index (χ3v) is 10.1. The lowest BCUT2D eigenvalue weighted by Crippen LogP contribution is -2.46. The van der Waals surface area contributed by atoms with Crippen LogP contribution in [-0.4, -0.2) is 24.2 Å². The maximum atomic E-state index is 13.0. The zero-order valence-corrected chi connectivity index (χ0v) is 16.1. The summed E-state index contributed by atoms with van der Waals surface area (Å²) in [6, 6.07) is 8.64. The molecule has 1 spiro atoms. The first kappa shape index (κ1) is 17.2. The molecule has 3 nitrogen and oxygen atoms in total. The van der Waals surface area contributed by atoms with Crippen LogP contribution < -0.4 is 0 Å². The molecular weight excluding hydrogens is 348 g/mol. The molecule has 2 heterocycles. The van der Waals surface area contributed by atoms with Gasteiger partial charge in [0.15, 0.2) is 0 Å². The minimum absolute atomic E-state index is 0.251. The molecule has 0 N–H and O–H groups in total. The maximum Gasteiger partial charge on any atom is 0.206 e. The largest absolute Gasteiger partial charge is 0.470 e. The molecule has 126 valence electrons. The number of thioether (sulfide) groups is 2. The summed E-state index contributed by atoms with van der Waals surface area (Å²) >= 11 is 3.63. The molecule has 1 saturated heterocycles. The lowest BCUT2D eigenvalue weighted by molar-refractivity contribution is 0.0385. The van der Waals surface area contributed by atoms with Gasteiger partial charge in [0, 0.05) is 5.41 Å². The van der Waals surface area contributed by atoms with Crippen molar-refractivity contribution in [3.05, 3.63) is 41.0 Å². The molecule has 0 atom stereocenters. The highest BCUT2D eigenvalue weighted by Gasteiger charge is 2.54. The second-order valence-electron chi connectivity index (χ2n) is 6.57. The van der Waals surface area contributed by atoms with Gasteiger partial charge in [0.25, 0.3) is 0 Å². The molecule has 0 amide bonds. The first-order chi connectivity index (χ1) is 10.8. The Morgan fingerprint density at radius 2 is 1.70 bits per heavy atom. The molecule has 1 aromatic rings. The van der Waals surface area contributed by atoms with E-state index in [-0.39, 0.29) is 9.68 Å². The smallest absolute Gasteiger partial charge is 0.206 e. The Labute approximate surface area is 147 Å². The third-order valence-electron chi connectivity index (χ3n) is 4.36. The van der Waals surface area contributed by atoms with Crippen molar-refractivity contribution in [1.29, 1.82) is 0 Å². The normalized spacial score (nSPS) is 23.6. The number of hydrogen-bond acceptors (Lipinski definition) is 5. The van der Waals surface area contributed by atoms with E-state index in [4.69, 9.17) is 4.74 Å². The number of allylic oxidation sites excluding steroid dienone is 2. The Balaban J connectivity index is 2.03. The van der Waals surface area contributed by atoms with Gasteiger partial charge in [0.1, 0.15) is 5.76 Å². The summed E-state index contributed by atoms with van der Waals surface area (Å²) in [7, 11) is -3.50. The van der Waals surface area contributed by atoms with Crippen LogP contribution in [0.1, 0.15) is 33.6 Å². The molecule has 0 aliphatic carbocycles. The van der Waals surface area contributed by atoms with Gasteiger partial charge in [-0.25, -0.2) is 8.42 Å². The zero-order chi connectivity index (χ0) is 16.7. The summed E-state index contributed by atoms with van der Waals surface area (Å²) in [5, 5.41) is 0. The van der Waals surface area contributed by atoms with Gasteiger partial charge < -0.3 is 4.74 Å². The number of hydrogen-bond donors (Lipinski definition) is 0. The first-order valence-electron chi connectivity index (χ1n) is 7.75. The quantitative estimate of drug-likeness (QED) is 0.757. The van der Waals surface area contributed by atoms with Gasteiger partial charge in [0.05, 0.1) is 9.80 Å². The molecule has 1 fully saturated rings. The van der Waals surface area contributed by atoms with E-state index in [0.717, 1.165) is 11.5 Å². The van der Waals surface area contributed by atoms with Crippen LogP contribution in [0.5, 0.6) is 0 Å². The van der Waals surface area contributed by atoms with Crippen molar-refractivity contribution in [2.45, 2.75) is 42.8 Å². The predicted molar refractivity (Wildman–Crippen MR) is 98.1 cm³/mol. The van der Waals surface area contributed by atoms with Crippen molar-refractivity contribution in [3.8, 4) is 0 Å². The molecule has 0 aromatic heterocycles. The van der Waals surface area contributed by atoms with Gasteiger partial charge in [-0.3, -0.25) is 0 Å². The van der Waals surface area contributed by atoms with Gasteiger partial charge in [-0.2, -0.15) is 0 Å². The number of benzene rings is 1. The van der Waals surface area contributed by atoms with E-state index in [1.54, 1.807) is 31.2 Å². The predicted octanol–water partition coefficient (Wildman–Crippen LogP) is 4.66. The lowest BCUT2D eigenvalue weighted by Gasteiger charge is -2.50. The molecule has 0 bridgehead atoms. The molecule has 1 aromatic carbocycles. The van der Waals surface area contributed by atoms with Crippen LogP contribution in [0.15, 0.2) is 45.9 Å². The average molecular weight is 371 g/mol. The van der Waals surface area contributed by atoms with Crippen LogP contribution in [0.4, 0.5) is 0 Å². The van der Waals surface area contributed by atoms with E-state index in [1.807, 2.05) is 29.6 Å². The van der Waals surface area contributed by atoms with Gasteiger partial charge >= 0.3 is 0 Å². The van der Waals surface area contributed by atoms with E-state index < -0.39 is 9.84 Å². The van der Waals surface area contributed by atoms with E-state index >= 15 is 0 Å². The second-order valence-corrected chi connectivity index (χ2v) is 11.3. The Morgan fingerprint density at radius 1 is 1.09 bits per heavy atom. The topological polar surface area (TPSA) is 43.4 Å². The Hall–Kier alpha value is -0.590. The SMILES string of the molecule is CC1=C(S(=O)(=O)c2ccccc2)CC(C)(C)C2(O1)SCCCS2. The summed E-state index contributed by atoms with van der Waals surface area (Å²) in [4.78, 5) is 0.764. The number of rotatable bonds is 2. The zero-order valence-electron chi connectivity index (χ0n) is 13.7. The van der Waals surface area contributed by atoms with Crippen molar-refractivity contribution >= 4 is 33.4 Å². The van der Waals surface area contributed by atoms with Crippen LogP contribution in [0.25, 0.3) is 0 Å². The van der Waals surface area contributed by atoms with Gasteiger partial charge in [-0.15, -0.1) is 23.5 Å². The first-order valence-corrected chi connectivity index (χ1v) is 11.2. The molecule has 0 unspecified atom stereocenters. The minimum Gasteiger partial charge on any atom is -0.470 e. The van der Waals surface area contributed by atoms with Crippen molar-refractivity contribution in [2.75, 3.05) is 11.5 Å². The van der Waals surface area contributed by atoms with Crippen molar-refractivity contribution in [2.24, 2.45) is 5.41 Å². The van der Waals surface area contributed by atoms with Crippen LogP contribution in [0.2, 0.25) is 0 Å². The summed E-state index contributed by atoms with van der Waals surface area (Å²) in [6.45, 7) is 6.03. The third kappa shape index (κ3) is 2.94. The summed E-state index contributed by atoms with van der Waals surface area (Å²) in [5.74, 6) is 2.67. The monoisotopic (exact) mass is 370 g/mol. The highest BCUT2D eigenvalue weighted by molar-refractivity contribution is 8.18. The summed E-state index contributed by atoms with van der Waals surface area (Å²) in [5.41, 5.74) is -0.251. The van der Waals surface area contributed by atoms with Crippen molar-refractivity contribution in [3.63, 3.8) is 0 Å². The maximum absolute atomic E-state index is 13.0. The Morgan fingerprint density at radius 3 is 2.30 bits per heavy atom. The average Bonchev–Trinajstić information content (AvgIpc) is 2.53. The standard InChI is InChI=1S/C17H22O3S3/c1-13-15(23(18,19)14-8-5-4-6-9-14)12-16(2,3)17(20-13)21-10-7-11-22-17/h4-6,8-9H,7,10-12H2,1-3H3. The van der Waals surface area contributed by atoms with Crippen LogP contribution in [-0.2, 0) is 14.6 Å². The number of sulfone groups is 1. The lowest BCUT2D eigenvalue weighted by atomic mass is 9.87. The van der Waals surface area contributed by atoms with Crippen LogP contribution in [0.3, 0.4) is 0 Å². The van der Waals surface area contributed by atoms with E-state index in [2.05, 4.69) is 13.8 Å². The fourth-order valence-electron chi connectivity index (χ4n) is 3.02. The van der Waals surface area contributed by atoms with Gasteiger partial charge in [0.2, 0.25) is 14.1 Å². The Bertz CT molecular complexity index is 715. The van der Waals surface area contributed by atoms with Crippen LogP contribution in [0, 0.1) is 5.41 Å². The fraction of sp³-hybridized carbons (Fsp3) is 0.529. The van der Waals surface area contributed by atoms with Crippen molar-refractivity contribution < 1.29 is 13.2 Å². The van der Waals surface area contributed by atoms with Crippen LogP contribution >= 0.6 is 23.5 Å². The van der Waals surface area contributed by atoms with Crippen molar-refractivity contribution in [1.82, 2.24) is 0 Å². The molecule has 2 aliphatic heterocycles. The van der Waals surface area contributed by atoms with E-state index in [9.17, 15) is 8.42 Å². The fourth-order valence-corrected chi connectivity index (χ4v) is 8.22. The molecule has 0 radical (unpaired) electrons. The molecule has 2 aliphatic rings. The molecule has 23 heavy (non-hydrogen) atoms. The highest BCUT2D eigenvalue weighted by atomic mass is 32.2. The summed E-state index contributed by atoms with van der Waals surface area (Å²) in [6.07, 6.45) is 1.69. The highest BCUT2D eigenvalue weighted by Crippen LogP contribution is 2.60. The summed E-state index contributed by atoms with van der Waals surface area (Å²) < 4.78 is 31.9. The molecule has 0 saturated carbocycles.